The molecule has 0 spiro atoms. The summed E-state index contributed by atoms with van der Waals surface area (Å²) in [5.41, 5.74) is 0. The van der Waals surface area contributed by atoms with Gasteiger partial charge in [0.2, 0.25) is 0 Å². The van der Waals surface area contributed by atoms with Crippen LogP contribution in [0.4, 0.5) is 9.18 Å². The zero-order valence-electron chi connectivity index (χ0n) is 9.41. The highest BCUT2D eigenvalue weighted by atomic mass is 19.1. The van der Waals surface area contributed by atoms with Gasteiger partial charge in [-0.15, -0.1) is 9.78 Å². The maximum absolute atomic E-state index is 13.4. The molecule has 8 heteroatoms. The molecule has 0 fully saturated rings. The highest BCUT2D eigenvalue weighted by molar-refractivity contribution is 5.76. The number of halogens is 1. The van der Waals surface area contributed by atoms with Crippen LogP contribution in [0.2, 0.25) is 0 Å². The zero-order valence-corrected chi connectivity index (χ0v) is 9.41. The molecule has 0 aliphatic rings. The second-order valence-corrected chi connectivity index (χ2v) is 3.93. The van der Waals surface area contributed by atoms with Crippen LogP contribution in [0.25, 0.3) is 0 Å². The van der Waals surface area contributed by atoms with Crippen molar-refractivity contribution in [2.45, 2.75) is 20.3 Å². The minimum atomic E-state index is -0.943. The molecule has 0 amide bonds. The second-order valence-electron chi connectivity index (χ2n) is 3.93. The maximum atomic E-state index is 13.4. The first-order valence-electron chi connectivity index (χ1n) is 5.08. The molecule has 0 aliphatic carbocycles. The van der Waals surface area contributed by atoms with E-state index in [1.807, 2.05) is 13.8 Å². The van der Waals surface area contributed by atoms with Crippen molar-refractivity contribution in [3.8, 4) is 0 Å². The van der Waals surface area contributed by atoms with Gasteiger partial charge >= 0.3 is 12.1 Å². The molecule has 0 saturated carbocycles. The van der Waals surface area contributed by atoms with Gasteiger partial charge in [0.1, 0.15) is 12.7 Å². The third-order valence-corrected chi connectivity index (χ3v) is 2.00. The Labute approximate surface area is 96.3 Å². The number of rotatable bonds is 2. The van der Waals surface area contributed by atoms with Crippen LogP contribution in [-0.2, 0) is 6.42 Å². The van der Waals surface area contributed by atoms with E-state index in [4.69, 9.17) is 0 Å². The van der Waals surface area contributed by atoms with Crippen molar-refractivity contribution in [3.05, 3.63) is 24.6 Å². The minimum Gasteiger partial charge on any atom is -0.243 e. The summed E-state index contributed by atoms with van der Waals surface area (Å²) < 4.78 is 14.9. The SMILES string of the molecule is CC(C)Cc1nc(F)n(C(=O)n2cncn2)n1. The van der Waals surface area contributed by atoms with Crippen LogP contribution in [0, 0.1) is 12.0 Å². The highest BCUT2D eigenvalue weighted by Crippen LogP contribution is 2.04. The van der Waals surface area contributed by atoms with Gasteiger partial charge in [-0.25, -0.2) is 9.78 Å². The Morgan fingerprint density at radius 3 is 2.88 bits per heavy atom. The predicted molar refractivity (Wildman–Crippen MR) is 54.7 cm³/mol. The monoisotopic (exact) mass is 238 g/mol. The second kappa shape index (κ2) is 4.40. The molecule has 2 aromatic rings. The number of hydrogen-bond donors (Lipinski definition) is 0. The third kappa shape index (κ3) is 2.35. The van der Waals surface area contributed by atoms with Crippen molar-refractivity contribution in [3.63, 3.8) is 0 Å². The minimum absolute atomic E-state index is 0.284. The lowest BCUT2D eigenvalue weighted by Gasteiger charge is -1.98. The van der Waals surface area contributed by atoms with Crippen LogP contribution < -0.4 is 0 Å². The van der Waals surface area contributed by atoms with Crippen LogP contribution in [0.3, 0.4) is 0 Å². The lowest BCUT2D eigenvalue weighted by Crippen LogP contribution is -2.22. The van der Waals surface area contributed by atoms with Crippen LogP contribution in [0.1, 0.15) is 19.7 Å². The van der Waals surface area contributed by atoms with E-state index in [-0.39, 0.29) is 5.92 Å². The molecule has 0 atom stereocenters. The Morgan fingerprint density at radius 1 is 1.53 bits per heavy atom. The van der Waals surface area contributed by atoms with Crippen LogP contribution in [0.5, 0.6) is 0 Å². The lowest BCUT2D eigenvalue weighted by atomic mass is 10.1. The van der Waals surface area contributed by atoms with Gasteiger partial charge < -0.3 is 0 Å². The molecule has 0 N–H and O–H groups in total. The molecular formula is C9H11FN6O. The number of nitrogens with zero attached hydrogens (tertiary/aromatic N) is 6. The average molecular weight is 238 g/mol. The molecule has 2 rings (SSSR count). The van der Waals surface area contributed by atoms with Gasteiger partial charge in [-0.3, -0.25) is 0 Å². The highest BCUT2D eigenvalue weighted by Gasteiger charge is 2.18. The van der Waals surface area contributed by atoms with E-state index in [2.05, 4.69) is 20.2 Å². The Kier molecular flexibility index (Phi) is 2.94. The molecule has 0 aromatic carbocycles. The molecule has 0 radical (unpaired) electrons. The first kappa shape index (κ1) is 11.4. The molecule has 2 heterocycles. The van der Waals surface area contributed by atoms with Gasteiger partial charge in [-0.05, 0) is 5.92 Å². The van der Waals surface area contributed by atoms with Gasteiger partial charge in [0.15, 0.2) is 5.82 Å². The number of carbonyl (C=O) groups excluding carboxylic acids is 1. The molecule has 0 aliphatic heterocycles. The van der Waals surface area contributed by atoms with Crippen molar-refractivity contribution in [1.82, 2.24) is 29.5 Å². The van der Waals surface area contributed by atoms with Crippen molar-refractivity contribution in [2.24, 2.45) is 5.92 Å². The van der Waals surface area contributed by atoms with Crippen LogP contribution in [-0.4, -0.2) is 35.6 Å². The smallest absolute Gasteiger partial charge is 0.243 e. The summed E-state index contributed by atoms with van der Waals surface area (Å²) in [5.74, 6) is 0.581. The van der Waals surface area contributed by atoms with E-state index in [1.165, 1.54) is 12.7 Å². The Morgan fingerprint density at radius 2 is 2.29 bits per heavy atom. The molecule has 0 bridgehead atoms. The number of carbonyl (C=O) groups is 1. The van der Waals surface area contributed by atoms with Crippen LogP contribution >= 0.6 is 0 Å². The van der Waals surface area contributed by atoms with E-state index < -0.39 is 12.1 Å². The van der Waals surface area contributed by atoms with Crippen molar-refractivity contribution in [2.75, 3.05) is 0 Å². The van der Waals surface area contributed by atoms with Crippen molar-refractivity contribution < 1.29 is 9.18 Å². The molecule has 0 unspecified atom stereocenters. The normalized spacial score (nSPS) is 11.1. The molecule has 90 valence electrons. The number of hydrogen-bond acceptors (Lipinski definition) is 5. The summed E-state index contributed by atoms with van der Waals surface area (Å²) in [4.78, 5) is 18.9. The van der Waals surface area contributed by atoms with Gasteiger partial charge in [0.05, 0.1) is 0 Å². The van der Waals surface area contributed by atoms with E-state index in [1.54, 1.807) is 0 Å². The maximum Gasteiger partial charge on any atom is 0.374 e. The van der Waals surface area contributed by atoms with E-state index >= 15 is 0 Å². The van der Waals surface area contributed by atoms with E-state index in [9.17, 15) is 9.18 Å². The summed E-state index contributed by atoms with van der Waals surface area (Å²) >= 11 is 0. The van der Waals surface area contributed by atoms with Gasteiger partial charge in [-0.1, -0.05) is 13.8 Å². The standard InChI is InChI=1S/C9H11FN6O/c1-6(2)3-7-13-8(10)16(14-7)9(17)15-5-11-4-12-15/h4-6H,3H2,1-2H3. The molecular weight excluding hydrogens is 227 g/mol. The molecule has 0 saturated heterocycles. The van der Waals surface area contributed by atoms with Gasteiger partial charge in [0, 0.05) is 6.42 Å². The fourth-order valence-corrected chi connectivity index (χ4v) is 1.31. The molecule has 17 heavy (non-hydrogen) atoms. The molecule has 7 nitrogen and oxygen atoms in total. The van der Waals surface area contributed by atoms with Crippen LogP contribution in [0.15, 0.2) is 12.7 Å². The third-order valence-electron chi connectivity index (χ3n) is 2.00. The Bertz CT molecular complexity index is 518. The first-order chi connectivity index (χ1) is 8.08. The van der Waals surface area contributed by atoms with Gasteiger partial charge in [-0.2, -0.15) is 19.2 Å². The summed E-state index contributed by atoms with van der Waals surface area (Å²) in [6, 6.07) is -0.748. The topological polar surface area (TPSA) is 78.5 Å². The summed E-state index contributed by atoms with van der Waals surface area (Å²) in [5, 5.41) is 7.40. The molecule has 2 aromatic heterocycles. The van der Waals surface area contributed by atoms with E-state index in [0.717, 1.165) is 4.68 Å². The largest absolute Gasteiger partial charge is 0.374 e. The van der Waals surface area contributed by atoms with Crippen molar-refractivity contribution >= 4 is 6.03 Å². The van der Waals surface area contributed by atoms with Crippen molar-refractivity contribution in [1.29, 1.82) is 0 Å². The summed E-state index contributed by atoms with van der Waals surface area (Å²) in [6.07, 6.45) is 1.92. The Balaban J connectivity index is 2.27. The Hall–Kier alpha value is -2.12. The van der Waals surface area contributed by atoms with Gasteiger partial charge in [0.25, 0.3) is 0 Å². The van der Waals surface area contributed by atoms with E-state index in [0.29, 0.717) is 16.9 Å². The first-order valence-corrected chi connectivity index (χ1v) is 5.08. The summed E-state index contributed by atoms with van der Waals surface area (Å²) in [7, 11) is 0. The fraction of sp³-hybridized carbons (Fsp3) is 0.444. The zero-order chi connectivity index (χ0) is 12.4. The number of aromatic nitrogens is 6. The predicted octanol–water partition coefficient (Wildman–Crippen LogP) is 0.724. The lowest BCUT2D eigenvalue weighted by molar-refractivity contribution is 0.233. The average Bonchev–Trinajstić information content (AvgIpc) is 2.85. The summed E-state index contributed by atoms with van der Waals surface area (Å²) in [6.45, 7) is 3.91. The fourth-order valence-electron chi connectivity index (χ4n) is 1.31. The quantitative estimate of drug-likeness (QED) is 0.770.